The molecule has 0 aliphatic carbocycles. The molecular weight excluding hydrogens is 170 g/mol. The number of carboxylic acid groups (broad SMARTS) is 1. The molecule has 0 aromatic carbocycles. The SMILES string of the molecule is CCCN(CC(=O)O)C1CCOC1. The smallest absolute Gasteiger partial charge is 0.317 e. The lowest BCUT2D eigenvalue weighted by atomic mass is 10.2. The molecule has 0 aromatic rings. The maximum absolute atomic E-state index is 10.6. The molecule has 0 bridgehead atoms. The van der Waals surface area contributed by atoms with Gasteiger partial charge in [-0.1, -0.05) is 6.92 Å². The average molecular weight is 187 g/mol. The Kier molecular flexibility index (Phi) is 4.18. The van der Waals surface area contributed by atoms with Crippen molar-refractivity contribution in [1.29, 1.82) is 0 Å². The Morgan fingerprint density at radius 1 is 1.69 bits per heavy atom. The van der Waals surface area contributed by atoms with E-state index >= 15 is 0 Å². The molecule has 1 rings (SSSR count). The van der Waals surface area contributed by atoms with E-state index in [0.29, 0.717) is 12.6 Å². The number of nitrogens with zero attached hydrogens (tertiary/aromatic N) is 1. The molecular formula is C9H17NO3. The molecule has 0 amide bonds. The predicted molar refractivity (Wildman–Crippen MR) is 48.7 cm³/mol. The van der Waals surface area contributed by atoms with Crippen molar-refractivity contribution < 1.29 is 14.6 Å². The van der Waals surface area contributed by atoms with E-state index in [9.17, 15) is 4.79 Å². The van der Waals surface area contributed by atoms with Crippen LogP contribution in [0.3, 0.4) is 0 Å². The lowest BCUT2D eigenvalue weighted by Crippen LogP contribution is -2.39. The molecule has 1 heterocycles. The third-order valence-corrected chi connectivity index (χ3v) is 2.27. The van der Waals surface area contributed by atoms with Gasteiger partial charge in [0.15, 0.2) is 0 Å². The third kappa shape index (κ3) is 3.32. The number of rotatable bonds is 5. The summed E-state index contributed by atoms with van der Waals surface area (Å²) in [5, 5.41) is 8.69. The Hall–Kier alpha value is -0.610. The predicted octanol–water partition coefficient (Wildman–Crippen LogP) is 0.572. The molecule has 1 N–H and O–H groups in total. The summed E-state index contributed by atoms with van der Waals surface area (Å²) in [7, 11) is 0. The minimum absolute atomic E-state index is 0.141. The summed E-state index contributed by atoms with van der Waals surface area (Å²) in [6.45, 7) is 4.50. The molecule has 1 unspecified atom stereocenters. The van der Waals surface area contributed by atoms with E-state index < -0.39 is 5.97 Å². The van der Waals surface area contributed by atoms with Crippen LogP contribution in [0.1, 0.15) is 19.8 Å². The molecule has 1 aliphatic heterocycles. The highest BCUT2D eigenvalue weighted by Gasteiger charge is 2.23. The van der Waals surface area contributed by atoms with E-state index in [1.165, 1.54) is 0 Å². The van der Waals surface area contributed by atoms with Crippen LogP contribution in [0.15, 0.2) is 0 Å². The number of ether oxygens (including phenoxy) is 1. The minimum atomic E-state index is -0.750. The van der Waals surface area contributed by atoms with Crippen molar-refractivity contribution >= 4 is 5.97 Å². The van der Waals surface area contributed by atoms with Gasteiger partial charge in [0.2, 0.25) is 0 Å². The van der Waals surface area contributed by atoms with Crippen LogP contribution in [0, 0.1) is 0 Å². The number of carboxylic acids is 1. The molecule has 0 spiro atoms. The Bertz CT molecular complexity index is 166. The molecule has 1 atom stereocenters. The van der Waals surface area contributed by atoms with Gasteiger partial charge in [-0.3, -0.25) is 9.69 Å². The first kappa shape index (κ1) is 10.5. The van der Waals surface area contributed by atoms with Gasteiger partial charge in [-0.15, -0.1) is 0 Å². The first-order chi connectivity index (χ1) is 6.24. The second kappa shape index (κ2) is 5.19. The van der Waals surface area contributed by atoms with E-state index in [-0.39, 0.29) is 6.54 Å². The molecule has 1 aliphatic rings. The number of hydrogen-bond acceptors (Lipinski definition) is 3. The van der Waals surface area contributed by atoms with Gasteiger partial charge < -0.3 is 9.84 Å². The van der Waals surface area contributed by atoms with Crippen LogP contribution < -0.4 is 0 Å². The summed E-state index contributed by atoms with van der Waals surface area (Å²) in [6, 6.07) is 0.316. The average Bonchev–Trinajstić information content (AvgIpc) is 2.54. The molecule has 0 aromatic heterocycles. The molecule has 13 heavy (non-hydrogen) atoms. The Balaban J connectivity index is 2.39. The van der Waals surface area contributed by atoms with Crippen molar-refractivity contribution in [3.8, 4) is 0 Å². The standard InChI is InChI=1S/C9H17NO3/c1-2-4-10(6-9(11)12)8-3-5-13-7-8/h8H,2-7H2,1H3,(H,11,12). The number of aliphatic carboxylic acids is 1. The second-order valence-electron chi connectivity index (χ2n) is 3.38. The molecule has 4 heteroatoms. The van der Waals surface area contributed by atoms with E-state index in [1.807, 2.05) is 4.90 Å². The van der Waals surface area contributed by atoms with Gasteiger partial charge in [0.25, 0.3) is 0 Å². The van der Waals surface area contributed by atoms with E-state index in [4.69, 9.17) is 9.84 Å². The molecule has 0 saturated carbocycles. The van der Waals surface area contributed by atoms with Gasteiger partial charge in [0.1, 0.15) is 0 Å². The first-order valence-corrected chi connectivity index (χ1v) is 4.77. The fourth-order valence-electron chi connectivity index (χ4n) is 1.66. The topological polar surface area (TPSA) is 49.8 Å². The fourth-order valence-corrected chi connectivity index (χ4v) is 1.66. The van der Waals surface area contributed by atoms with Crippen molar-refractivity contribution in [2.24, 2.45) is 0 Å². The van der Waals surface area contributed by atoms with Crippen molar-refractivity contribution in [2.75, 3.05) is 26.3 Å². The second-order valence-corrected chi connectivity index (χ2v) is 3.38. The summed E-state index contributed by atoms with van der Waals surface area (Å²) in [6.07, 6.45) is 1.96. The van der Waals surface area contributed by atoms with Gasteiger partial charge in [0.05, 0.1) is 13.2 Å². The molecule has 1 fully saturated rings. The number of carbonyl (C=O) groups is 1. The Labute approximate surface area is 78.5 Å². The molecule has 0 radical (unpaired) electrons. The highest BCUT2D eigenvalue weighted by Crippen LogP contribution is 2.12. The van der Waals surface area contributed by atoms with Crippen LogP contribution in [-0.2, 0) is 9.53 Å². The Morgan fingerprint density at radius 3 is 2.92 bits per heavy atom. The normalized spacial score (nSPS) is 22.5. The van der Waals surface area contributed by atoms with Crippen molar-refractivity contribution in [1.82, 2.24) is 4.90 Å². The van der Waals surface area contributed by atoms with Gasteiger partial charge >= 0.3 is 5.97 Å². The first-order valence-electron chi connectivity index (χ1n) is 4.77. The third-order valence-electron chi connectivity index (χ3n) is 2.27. The fraction of sp³-hybridized carbons (Fsp3) is 0.889. The zero-order valence-corrected chi connectivity index (χ0v) is 8.03. The largest absolute Gasteiger partial charge is 0.480 e. The monoisotopic (exact) mass is 187 g/mol. The zero-order valence-electron chi connectivity index (χ0n) is 8.03. The maximum atomic E-state index is 10.6. The van der Waals surface area contributed by atoms with Crippen molar-refractivity contribution in [3.05, 3.63) is 0 Å². The molecule has 4 nitrogen and oxygen atoms in total. The summed E-state index contributed by atoms with van der Waals surface area (Å²) in [5.41, 5.74) is 0. The molecule has 76 valence electrons. The Morgan fingerprint density at radius 2 is 2.46 bits per heavy atom. The van der Waals surface area contributed by atoms with Crippen LogP contribution in [0.5, 0.6) is 0 Å². The van der Waals surface area contributed by atoms with Crippen LogP contribution >= 0.6 is 0 Å². The van der Waals surface area contributed by atoms with Gasteiger partial charge in [0, 0.05) is 12.6 Å². The van der Waals surface area contributed by atoms with Gasteiger partial charge in [-0.05, 0) is 19.4 Å². The summed E-state index contributed by atoms with van der Waals surface area (Å²) in [4.78, 5) is 12.6. The van der Waals surface area contributed by atoms with Crippen molar-refractivity contribution in [3.63, 3.8) is 0 Å². The van der Waals surface area contributed by atoms with Crippen LogP contribution in [0.2, 0.25) is 0 Å². The molecule has 1 saturated heterocycles. The van der Waals surface area contributed by atoms with Crippen LogP contribution in [0.25, 0.3) is 0 Å². The van der Waals surface area contributed by atoms with Gasteiger partial charge in [-0.25, -0.2) is 0 Å². The zero-order chi connectivity index (χ0) is 9.68. The van der Waals surface area contributed by atoms with Crippen LogP contribution in [0.4, 0.5) is 0 Å². The quantitative estimate of drug-likeness (QED) is 0.683. The van der Waals surface area contributed by atoms with E-state index in [0.717, 1.165) is 26.0 Å². The minimum Gasteiger partial charge on any atom is -0.480 e. The van der Waals surface area contributed by atoms with Gasteiger partial charge in [-0.2, -0.15) is 0 Å². The highest BCUT2D eigenvalue weighted by molar-refractivity contribution is 5.69. The van der Waals surface area contributed by atoms with Crippen molar-refractivity contribution in [2.45, 2.75) is 25.8 Å². The van der Waals surface area contributed by atoms with E-state index in [1.54, 1.807) is 0 Å². The summed E-state index contributed by atoms with van der Waals surface area (Å²) in [5.74, 6) is -0.750. The maximum Gasteiger partial charge on any atom is 0.317 e. The van der Waals surface area contributed by atoms with E-state index in [2.05, 4.69) is 6.92 Å². The lowest BCUT2D eigenvalue weighted by Gasteiger charge is -2.25. The summed E-state index contributed by atoms with van der Waals surface area (Å²) < 4.78 is 5.23. The van der Waals surface area contributed by atoms with Crippen LogP contribution in [-0.4, -0.2) is 48.3 Å². The number of hydrogen-bond donors (Lipinski definition) is 1. The highest BCUT2D eigenvalue weighted by atomic mass is 16.5. The lowest BCUT2D eigenvalue weighted by molar-refractivity contribution is -0.138. The summed E-state index contributed by atoms with van der Waals surface area (Å²) >= 11 is 0.